The molecule has 21 rings (SSSR count). The fraction of sp³-hybridized carbons (Fsp3) is 0. The van der Waals surface area contributed by atoms with E-state index in [0.717, 1.165) is 17.1 Å². The van der Waals surface area contributed by atoms with Gasteiger partial charge in [0.1, 0.15) is 0 Å². The second kappa shape index (κ2) is 16.3. The molecule has 86 heavy (non-hydrogen) atoms. The van der Waals surface area contributed by atoms with Crippen molar-refractivity contribution in [3.05, 3.63) is 279 Å². The Labute approximate surface area is 494 Å². The fourth-order valence-electron chi connectivity index (χ4n) is 16.7. The van der Waals surface area contributed by atoms with Crippen LogP contribution in [0.2, 0.25) is 0 Å². The summed E-state index contributed by atoms with van der Waals surface area (Å²) in [5.74, 6) is 0. The first kappa shape index (κ1) is 45.3. The number of hydrogen-bond donors (Lipinski definition) is 0. The fourth-order valence-corrected chi connectivity index (χ4v) is 16.7. The van der Waals surface area contributed by atoms with Crippen LogP contribution in [0.3, 0.4) is 0 Å². The van der Waals surface area contributed by atoms with Gasteiger partial charge in [-0.15, -0.1) is 0 Å². The lowest BCUT2D eigenvalue weighted by molar-refractivity contribution is 1.13. The van der Waals surface area contributed by atoms with E-state index < -0.39 is 0 Å². The molecule has 0 fully saturated rings. The molecule has 13 aromatic carbocycles. The molecule has 0 radical (unpaired) electrons. The number of hydrogen-bond acceptors (Lipinski definition) is 2. The Kier molecular flexibility index (Phi) is 8.60. The lowest BCUT2D eigenvalue weighted by atomic mass is 9.33. The lowest BCUT2D eigenvalue weighted by Gasteiger charge is -2.40. The number of anilines is 6. The summed E-state index contributed by atoms with van der Waals surface area (Å²) in [6, 6.07) is 105. The monoisotopic (exact) mass is 1090 g/mol. The van der Waals surface area contributed by atoms with Crippen molar-refractivity contribution in [2.45, 2.75) is 0 Å². The second-order valence-electron chi connectivity index (χ2n) is 23.8. The molecule has 0 atom stereocenters. The maximum absolute atomic E-state index is 2.72. The molecule has 0 aliphatic carbocycles. The van der Waals surface area contributed by atoms with Crippen molar-refractivity contribution in [3.8, 4) is 22.7 Å². The van der Waals surface area contributed by atoms with Gasteiger partial charge in [0.2, 0.25) is 0 Å². The maximum Gasteiger partial charge on any atom is 0.252 e. The van der Waals surface area contributed by atoms with Gasteiger partial charge in [0.05, 0.1) is 55.5 Å². The first-order valence-corrected chi connectivity index (χ1v) is 30.0. The van der Waals surface area contributed by atoms with E-state index in [9.17, 15) is 0 Å². The molecule has 17 aromatic rings. The van der Waals surface area contributed by atoms with E-state index >= 15 is 0 Å². The van der Waals surface area contributed by atoms with Crippen LogP contribution in [-0.4, -0.2) is 31.7 Å². The van der Waals surface area contributed by atoms with Gasteiger partial charge in [-0.2, -0.15) is 0 Å². The topological polar surface area (TPSA) is 26.2 Å². The Bertz CT molecular complexity index is 5780. The van der Waals surface area contributed by atoms with Crippen LogP contribution in [0.4, 0.5) is 34.1 Å². The van der Waals surface area contributed by atoms with Crippen molar-refractivity contribution in [2.75, 3.05) is 9.80 Å². The minimum absolute atomic E-state index is 0.0314. The minimum atomic E-state index is -0.120. The molecule has 0 spiro atoms. The smallest absolute Gasteiger partial charge is 0.252 e. The zero-order chi connectivity index (χ0) is 55.6. The van der Waals surface area contributed by atoms with Crippen LogP contribution in [-0.2, 0) is 0 Å². The second-order valence-corrected chi connectivity index (χ2v) is 23.8. The van der Waals surface area contributed by atoms with Crippen molar-refractivity contribution in [1.82, 2.24) is 18.3 Å². The average Bonchev–Trinajstić information content (AvgIpc) is 1.49. The van der Waals surface area contributed by atoms with Gasteiger partial charge in [-0.3, -0.25) is 0 Å². The number of rotatable bonds is 4. The van der Waals surface area contributed by atoms with Gasteiger partial charge >= 0.3 is 0 Å². The highest BCUT2D eigenvalue weighted by atomic mass is 15.2. The van der Waals surface area contributed by atoms with Crippen molar-refractivity contribution < 1.29 is 0 Å². The highest BCUT2D eigenvalue weighted by molar-refractivity contribution is 7.01. The number of para-hydroxylation sites is 10. The molecule has 0 amide bonds. The highest BCUT2D eigenvalue weighted by Gasteiger charge is 2.47. The summed E-state index contributed by atoms with van der Waals surface area (Å²) in [7, 11) is 0. The van der Waals surface area contributed by atoms with Crippen LogP contribution < -0.4 is 42.6 Å². The predicted molar refractivity (Wildman–Crippen MR) is 362 cm³/mol. The largest absolute Gasteiger partial charge is 0.311 e. The Hall–Kier alpha value is -11.2. The third kappa shape index (κ3) is 5.52. The molecule has 0 bridgehead atoms. The third-order valence-electron chi connectivity index (χ3n) is 19.8. The average molecular weight is 1090 g/mol. The van der Waals surface area contributed by atoms with E-state index in [0.29, 0.717) is 0 Å². The van der Waals surface area contributed by atoms with E-state index in [1.807, 2.05) is 0 Å². The number of benzene rings is 13. The van der Waals surface area contributed by atoms with Gasteiger partial charge < -0.3 is 28.1 Å². The van der Waals surface area contributed by atoms with Crippen molar-refractivity contribution >= 4 is 168 Å². The molecule has 0 saturated carbocycles. The summed E-state index contributed by atoms with van der Waals surface area (Å²) in [5.41, 5.74) is 29.3. The molecule has 4 aliphatic heterocycles. The Balaban J connectivity index is 0.994. The highest BCUT2D eigenvalue weighted by Crippen LogP contribution is 2.51. The zero-order valence-corrected chi connectivity index (χ0v) is 46.4. The van der Waals surface area contributed by atoms with Crippen molar-refractivity contribution in [2.24, 2.45) is 0 Å². The number of aromatic nitrogens is 4. The van der Waals surface area contributed by atoms with Gasteiger partial charge in [0.15, 0.2) is 0 Å². The van der Waals surface area contributed by atoms with E-state index in [-0.39, 0.29) is 13.4 Å². The molecule has 8 heteroatoms. The molecule has 4 aromatic heterocycles. The van der Waals surface area contributed by atoms with Gasteiger partial charge in [-0.1, -0.05) is 188 Å². The molecular formula is C78H46B2N6. The van der Waals surface area contributed by atoms with E-state index in [1.165, 1.54) is 160 Å². The third-order valence-corrected chi connectivity index (χ3v) is 19.8. The summed E-state index contributed by atoms with van der Waals surface area (Å²) >= 11 is 0. The van der Waals surface area contributed by atoms with Crippen LogP contribution in [0.1, 0.15) is 0 Å². The van der Waals surface area contributed by atoms with Crippen molar-refractivity contribution in [1.29, 1.82) is 0 Å². The molecule has 0 N–H and O–H groups in total. The molecule has 8 heterocycles. The molecule has 394 valence electrons. The van der Waals surface area contributed by atoms with Crippen LogP contribution in [0.25, 0.3) is 110 Å². The SMILES string of the molecule is c1ccc(N2c3ccccc3B3c4c2cc(-n2c5ccccc5c5ccccc52)cc4-n2c4ccccc4c4c2c3cc2c3c(-n5c6ccccc6c6ccccc65)cc5c6c3n(c24)-c2ccccc2B6c2ccccc2N5c2ccccc2)cc1. The molecule has 6 nitrogen and oxygen atoms in total. The van der Waals surface area contributed by atoms with E-state index in [1.54, 1.807) is 0 Å². The van der Waals surface area contributed by atoms with Gasteiger partial charge in [0.25, 0.3) is 13.4 Å². The quantitative estimate of drug-likeness (QED) is 0.164. The molecule has 0 saturated heterocycles. The summed E-state index contributed by atoms with van der Waals surface area (Å²) in [5, 5.41) is 9.99. The zero-order valence-electron chi connectivity index (χ0n) is 46.4. The van der Waals surface area contributed by atoms with E-state index in [4.69, 9.17) is 0 Å². The molecular weight excluding hydrogens is 1040 g/mol. The van der Waals surface area contributed by atoms with Gasteiger partial charge in [-0.05, 0) is 124 Å². The lowest BCUT2D eigenvalue weighted by Crippen LogP contribution is -2.60. The van der Waals surface area contributed by atoms with Crippen LogP contribution in [0.5, 0.6) is 0 Å². The van der Waals surface area contributed by atoms with E-state index in [2.05, 4.69) is 307 Å². The van der Waals surface area contributed by atoms with Crippen molar-refractivity contribution in [3.63, 3.8) is 0 Å². The first-order valence-electron chi connectivity index (χ1n) is 30.0. The van der Waals surface area contributed by atoms with Crippen LogP contribution in [0.15, 0.2) is 279 Å². The number of fused-ring (bicyclic) bond motifs is 22. The summed E-state index contributed by atoms with van der Waals surface area (Å²) in [4.78, 5) is 5.10. The van der Waals surface area contributed by atoms with Crippen LogP contribution >= 0.6 is 0 Å². The Morgan fingerprint density at radius 1 is 0.209 bits per heavy atom. The number of nitrogens with zero attached hydrogens (tertiary/aromatic N) is 6. The molecule has 4 aliphatic rings. The molecule has 0 unspecified atom stereocenters. The Morgan fingerprint density at radius 3 is 1.19 bits per heavy atom. The Morgan fingerprint density at radius 2 is 0.628 bits per heavy atom. The first-order chi connectivity index (χ1) is 42.8. The predicted octanol–water partition coefficient (Wildman–Crippen LogP) is 15.3. The normalized spacial score (nSPS) is 13.5. The van der Waals surface area contributed by atoms with Crippen LogP contribution in [0, 0.1) is 0 Å². The summed E-state index contributed by atoms with van der Waals surface area (Å²) in [6.45, 7) is -0.151. The summed E-state index contributed by atoms with van der Waals surface area (Å²) in [6.07, 6.45) is 0. The summed E-state index contributed by atoms with van der Waals surface area (Å²) < 4.78 is 10.5. The van der Waals surface area contributed by atoms with Gasteiger partial charge in [-0.25, -0.2) is 0 Å². The standard InChI is InChI=1S/C78H46B2N6/c1-3-23-47(24-4-1)81-66-41-21-13-33-57(66)80-59-45-55-72-68(84-62-37-17-9-29-52(62)53-30-10-18-38-63(53)84)46-71-75-78(72)86(67-42-22-14-34-58(67)79(75)56-32-12-20-40-65(56)82(71)48-25-5-2-6-26-48)76(55)73-54-31-11-19-39-64(54)85(77(59)73)70-44-49(43-69(81)74(70)80)83-60-35-15-7-27-50(60)51-28-8-16-36-61(51)83/h1-46H. The minimum Gasteiger partial charge on any atom is -0.311 e. The maximum atomic E-state index is 2.72. The van der Waals surface area contributed by atoms with Gasteiger partial charge in [0, 0.05) is 88.6 Å².